The quantitative estimate of drug-likeness (QED) is 0.881. The van der Waals surface area contributed by atoms with Crippen LogP contribution in [-0.4, -0.2) is 30.0 Å². The Morgan fingerprint density at radius 2 is 1.50 bits per heavy atom. The molecular formula is C16H18N2O2. The van der Waals surface area contributed by atoms with Crippen LogP contribution in [0.3, 0.4) is 0 Å². The number of rotatable bonds is 2. The van der Waals surface area contributed by atoms with Crippen molar-refractivity contribution in [2.24, 2.45) is 0 Å². The summed E-state index contributed by atoms with van der Waals surface area (Å²) in [4.78, 5) is 4.56. The van der Waals surface area contributed by atoms with E-state index in [1.54, 1.807) is 24.3 Å². The van der Waals surface area contributed by atoms with Crippen LogP contribution >= 0.6 is 0 Å². The van der Waals surface area contributed by atoms with Gasteiger partial charge in [-0.2, -0.15) is 0 Å². The Hall–Kier alpha value is -2.36. The topological polar surface area (TPSA) is 46.9 Å². The minimum absolute atomic E-state index is 0.291. The molecule has 0 radical (unpaired) electrons. The van der Waals surface area contributed by atoms with Crippen LogP contribution in [0.2, 0.25) is 0 Å². The lowest BCUT2D eigenvalue weighted by atomic mass is 10.2. The lowest BCUT2D eigenvalue weighted by Gasteiger charge is -2.22. The van der Waals surface area contributed by atoms with E-state index in [9.17, 15) is 10.2 Å². The molecule has 4 heteroatoms. The number of aryl methyl sites for hydroxylation is 1. The highest BCUT2D eigenvalue weighted by molar-refractivity contribution is 5.59. The Labute approximate surface area is 118 Å². The number of hydrogen-bond donors (Lipinski definition) is 2. The molecule has 2 N–H and O–H groups in total. The molecule has 0 aromatic heterocycles. The van der Waals surface area contributed by atoms with E-state index in [4.69, 9.17) is 0 Å². The fourth-order valence-corrected chi connectivity index (χ4v) is 2.65. The first kappa shape index (κ1) is 12.7. The second-order valence-electron chi connectivity index (χ2n) is 5.16. The third kappa shape index (κ3) is 2.37. The van der Waals surface area contributed by atoms with Gasteiger partial charge in [-0.3, -0.25) is 0 Å². The summed E-state index contributed by atoms with van der Waals surface area (Å²) in [5.74, 6) is 0.597. The van der Waals surface area contributed by atoms with Crippen molar-refractivity contribution in [1.82, 2.24) is 0 Å². The maximum absolute atomic E-state index is 9.48. The van der Waals surface area contributed by atoms with E-state index < -0.39 is 0 Å². The minimum Gasteiger partial charge on any atom is -0.508 e. The molecule has 0 saturated carbocycles. The number of hydrogen-bond acceptors (Lipinski definition) is 4. The van der Waals surface area contributed by atoms with Crippen LogP contribution in [0, 0.1) is 6.92 Å². The van der Waals surface area contributed by atoms with Gasteiger partial charge in [0.2, 0.25) is 0 Å². The molecular weight excluding hydrogens is 252 g/mol. The molecule has 0 unspecified atom stereocenters. The van der Waals surface area contributed by atoms with E-state index >= 15 is 0 Å². The summed E-state index contributed by atoms with van der Waals surface area (Å²) in [7, 11) is 0. The zero-order valence-electron chi connectivity index (χ0n) is 11.5. The summed E-state index contributed by atoms with van der Waals surface area (Å²) in [6.45, 7) is 4.73. The van der Waals surface area contributed by atoms with Gasteiger partial charge in [0.15, 0.2) is 0 Å². The number of benzene rings is 2. The second-order valence-corrected chi connectivity index (χ2v) is 5.16. The maximum Gasteiger partial charge on any atom is 0.115 e. The van der Waals surface area contributed by atoms with Crippen molar-refractivity contribution in [1.29, 1.82) is 0 Å². The number of nitrogens with zero attached hydrogens (tertiary/aromatic N) is 2. The van der Waals surface area contributed by atoms with Gasteiger partial charge in [0.05, 0.1) is 6.67 Å². The van der Waals surface area contributed by atoms with Gasteiger partial charge in [0.25, 0.3) is 0 Å². The zero-order chi connectivity index (χ0) is 14.1. The number of anilines is 2. The van der Waals surface area contributed by atoms with Crippen LogP contribution in [0.25, 0.3) is 0 Å². The molecule has 1 fully saturated rings. The third-order valence-electron chi connectivity index (χ3n) is 3.72. The summed E-state index contributed by atoms with van der Waals surface area (Å²) >= 11 is 0. The summed E-state index contributed by atoms with van der Waals surface area (Å²) < 4.78 is 0. The molecule has 1 heterocycles. The van der Waals surface area contributed by atoms with Crippen molar-refractivity contribution in [2.75, 3.05) is 29.6 Å². The van der Waals surface area contributed by atoms with E-state index in [1.807, 2.05) is 25.1 Å². The van der Waals surface area contributed by atoms with Gasteiger partial charge < -0.3 is 20.0 Å². The normalized spacial score (nSPS) is 14.8. The van der Waals surface area contributed by atoms with Gasteiger partial charge in [-0.15, -0.1) is 0 Å². The Morgan fingerprint density at radius 3 is 2.20 bits per heavy atom. The summed E-state index contributed by atoms with van der Waals surface area (Å²) in [5.41, 5.74) is 3.35. The summed E-state index contributed by atoms with van der Waals surface area (Å²) in [5, 5.41) is 18.8. The van der Waals surface area contributed by atoms with Crippen molar-refractivity contribution in [2.45, 2.75) is 6.92 Å². The van der Waals surface area contributed by atoms with Crippen molar-refractivity contribution in [3.8, 4) is 11.5 Å². The first-order valence-corrected chi connectivity index (χ1v) is 6.72. The first-order chi connectivity index (χ1) is 9.63. The highest BCUT2D eigenvalue weighted by atomic mass is 16.3. The smallest absolute Gasteiger partial charge is 0.115 e. The molecule has 0 atom stereocenters. The molecule has 1 saturated heterocycles. The zero-order valence-corrected chi connectivity index (χ0v) is 11.5. The molecule has 0 amide bonds. The van der Waals surface area contributed by atoms with Gasteiger partial charge in [-0.1, -0.05) is 0 Å². The molecule has 2 aromatic carbocycles. The molecule has 1 aliphatic rings. The Morgan fingerprint density at radius 1 is 0.850 bits per heavy atom. The lowest BCUT2D eigenvalue weighted by molar-refractivity contribution is 0.474. The molecule has 2 aromatic rings. The number of aromatic hydroxyl groups is 2. The van der Waals surface area contributed by atoms with Gasteiger partial charge in [0, 0.05) is 24.5 Å². The third-order valence-corrected chi connectivity index (χ3v) is 3.72. The van der Waals surface area contributed by atoms with Crippen LogP contribution in [0.15, 0.2) is 42.5 Å². The summed E-state index contributed by atoms with van der Waals surface area (Å²) in [6.07, 6.45) is 0. The minimum atomic E-state index is 0.291. The van der Waals surface area contributed by atoms with Crippen LogP contribution in [0.1, 0.15) is 5.56 Å². The molecule has 3 rings (SSSR count). The van der Waals surface area contributed by atoms with Gasteiger partial charge in [-0.05, 0) is 55.0 Å². The predicted octanol–water partition coefficient (Wildman–Crippen LogP) is 2.69. The highest BCUT2D eigenvalue weighted by Gasteiger charge is 2.21. The van der Waals surface area contributed by atoms with Gasteiger partial charge in [0.1, 0.15) is 11.5 Å². The predicted molar refractivity (Wildman–Crippen MR) is 80.5 cm³/mol. The van der Waals surface area contributed by atoms with Crippen LogP contribution < -0.4 is 9.80 Å². The van der Waals surface area contributed by atoms with Crippen molar-refractivity contribution in [3.05, 3.63) is 48.0 Å². The van der Waals surface area contributed by atoms with Gasteiger partial charge >= 0.3 is 0 Å². The average molecular weight is 270 g/mol. The molecule has 104 valence electrons. The van der Waals surface area contributed by atoms with E-state index in [2.05, 4.69) is 9.80 Å². The maximum atomic E-state index is 9.48. The fourth-order valence-electron chi connectivity index (χ4n) is 2.65. The van der Waals surface area contributed by atoms with E-state index in [-0.39, 0.29) is 0 Å². The Balaban J connectivity index is 1.78. The van der Waals surface area contributed by atoms with Gasteiger partial charge in [-0.25, -0.2) is 0 Å². The molecule has 1 aliphatic heterocycles. The number of phenolic OH excluding ortho intramolecular Hbond substituents is 2. The monoisotopic (exact) mass is 270 g/mol. The fraction of sp³-hybridized carbons (Fsp3) is 0.250. The van der Waals surface area contributed by atoms with E-state index in [0.717, 1.165) is 36.7 Å². The molecule has 4 nitrogen and oxygen atoms in total. The first-order valence-electron chi connectivity index (χ1n) is 6.72. The molecule has 0 bridgehead atoms. The lowest BCUT2D eigenvalue weighted by Crippen LogP contribution is -2.25. The Kier molecular flexibility index (Phi) is 3.14. The standard InChI is InChI=1S/C16H18N2O2/c1-12-10-15(20)6-7-16(12)18-9-8-17(11-18)13-2-4-14(19)5-3-13/h2-7,10,19-20H,8-9,11H2,1H3. The highest BCUT2D eigenvalue weighted by Crippen LogP contribution is 2.28. The largest absolute Gasteiger partial charge is 0.508 e. The van der Waals surface area contributed by atoms with E-state index in [0.29, 0.717) is 11.5 Å². The van der Waals surface area contributed by atoms with Crippen LogP contribution in [0.4, 0.5) is 11.4 Å². The van der Waals surface area contributed by atoms with Crippen molar-refractivity contribution in [3.63, 3.8) is 0 Å². The van der Waals surface area contributed by atoms with Crippen molar-refractivity contribution >= 4 is 11.4 Å². The second kappa shape index (κ2) is 4.96. The Bertz CT molecular complexity index is 610. The average Bonchev–Trinajstić information content (AvgIpc) is 2.89. The van der Waals surface area contributed by atoms with Crippen LogP contribution in [-0.2, 0) is 0 Å². The van der Waals surface area contributed by atoms with Crippen LogP contribution in [0.5, 0.6) is 11.5 Å². The number of phenols is 2. The SMILES string of the molecule is Cc1cc(O)ccc1N1CCN(c2ccc(O)cc2)C1. The molecule has 0 aliphatic carbocycles. The molecule has 0 spiro atoms. The van der Waals surface area contributed by atoms with E-state index in [1.165, 1.54) is 0 Å². The summed E-state index contributed by atoms with van der Waals surface area (Å²) in [6, 6.07) is 12.8. The molecule has 20 heavy (non-hydrogen) atoms. The van der Waals surface area contributed by atoms with Crippen molar-refractivity contribution < 1.29 is 10.2 Å².